The third-order valence-corrected chi connectivity index (χ3v) is 6.12. The van der Waals surface area contributed by atoms with Gasteiger partial charge < -0.3 is 14.7 Å². The fourth-order valence-corrected chi connectivity index (χ4v) is 4.25. The molecule has 0 saturated carbocycles. The van der Waals surface area contributed by atoms with Crippen molar-refractivity contribution in [3.05, 3.63) is 46.5 Å². The van der Waals surface area contributed by atoms with Gasteiger partial charge in [-0.15, -0.1) is 0 Å². The van der Waals surface area contributed by atoms with E-state index in [1.807, 2.05) is 4.90 Å². The first-order chi connectivity index (χ1) is 13.2. The quantitative estimate of drug-likeness (QED) is 0.571. The maximum Gasteiger partial charge on any atom is 0.328 e. The molecule has 1 aliphatic heterocycles. The Labute approximate surface area is 173 Å². The molecule has 1 aromatic rings. The average Bonchev–Trinajstić information content (AvgIpc) is 2.64. The van der Waals surface area contributed by atoms with Crippen LogP contribution in [-0.2, 0) is 14.3 Å². The Bertz CT molecular complexity index is 783. The lowest BCUT2D eigenvalue weighted by molar-refractivity contribution is -0.147. The highest BCUT2D eigenvalue weighted by molar-refractivity contribution is 8.14. The molecule has 152 valence electrons. The van der Waals surface area contributed by atoms with Gasteiger partial charge in [0, 0.05) is 43.5 Å². The van der Waals surface area contributed by atoms with Gasteiger partial charge in [0.15, 0.2) is 0 Å². The average molecular weight is 427 g/mol. The number of esters is 1. The van der Waals surface area contributed by atoms with E-state index in [-0.39, 0.29) is 17.0 Å². The number of carboxylic acid groups (broad SMARTS) is 1. The minimum atomic E-state index is -1.09. The molecule has 0 spiro atoms. The number of carbonyl (C=O) groups is 3. The standard InChI is InChI=1S/C19H23ClN2O5S/c1-21(2)19(26)28-15-8-9-22(11-12(15)10-16(23)24)17(18(25)27-3)13-6-4-5-7-14(13)20/h4-7,10,15,17H,8-9,11H2,1-3H3,(H,23,24)/b12-10+. The van der Waals surface area contributed by atoms with Crippen LogP contribution in [0.5, 0.6) is 0 Å². The van der Waals surface area contributed by atoms with E-state index in [1.165, 1.54) is 12.0 Å². The number of carbonyl (C=O) groups excluding carboxylic acids is 2. The third kappa shape index (κ3) is 5.50. The minimum Gasteiger partial charge on any atom is -0.478 e. The van der Waals surface area contributed by atoms with E-state index in [9.17, 15) is 19.5 Å². The third-order valence-electron chi connectivity index (χ3n) is 4.38. The highest BCUT2D eigenvalue weighted by Gasteiger charge is 2.36. The molecule has 9 heteroatoms. The molecule has 1 amide bonds. The van der Waals surface area contributed by atoms with E-state index in [4.69, 9.17) is 16.3 Å². The van der Waals surface area contributed by atoms with Crippen molar-refractivity contribution < 1.29 is 24.2 Å². The van der Waals surface area contributed by atoms with Gasteiger partial charge in [0.25, 0.3) is 5.24 Å². The number of hydrogen-bond donors (Lipinski definition) is 1. The number of rotatable bonds is 5. The first kappa shape index (κ1) is 22.3. The fraction of sp³-hybridized carbons (Fsp3) is 0.421. The van der Waals surface area contributed by atoms with Crippen LogP contribution in [0.2, 0.25) is 5.02 Å². The summed E-state index contributed by atoms with van der Waals surface area (Å²) in [5.41, 5.74) is 1.17. The second kappa shape index (κ2) is 9.95. The Kier molecular flexibility index (Phi) is 7.91. The van der Waals surface area contributed by atoms with Crippen molar-refractivity contribution >= 4 is 40.5 Å². The number of methoxy groups -OCH3 is 1. The Morgan fingerprint density at radius 2 is 2.04 bits per heavy atom. The van der Waals surface area contributed by atoms with Gasteiger partial charge in [0.1, 0.15) is 6.04 Å². The van der Waals surface area contributed by atoms with Gasteiger partial charge in [-0.25, -0.2) is 9.59 Å². The fourth-order valence-electron chi connectivity index (χ4n) is 3.04. The Balaban J connectivity index is 2.33. The number of halogens is 1. The van der Waals surface area contributed by atoms with Crippen LogP contribution in [0.3, 0.4) is 0 Å². The topological polar surface area (TPSA) is 87.2 Å². The van der Waals surface area contributed by atoms with Crippen LogP contribution >= 0.6 is 23.4 Å². The second-order valence-electron chi connectivity index (χ2n) is 6.53. The Hall–Kier alpha value is -2.03. The van der Waals surface area contributed by atoms with Gasteiger partial charge in [0.2, 0.25) is 0 Å². The largest absolute Gasteiger partial charge is 0.478 e. The van der Waals surface area contributed by atoms with E-state index < -0.39 is 18.0 Å². The molecular formula is C19H23ClN2O5S. The van der Waals surface area contributed by atoms with Gasteiger partial charge in [-0.05, 0) is 23.6 Å². The SMILES string of the molecule is COC(=O)C(c1ccccc1Cl)N1CCC(SC(=O)N(C)C)/C(=C/C(=O)O)C1. The molecule has 2 atom stereocenters. The number of amides is 1. The first-order valence-corrected chi connectivity index (χ1v) is 9.88. The van der Waals surface area contributed by atoms with Crippen molar-refractivity contribution in [3.8, 4) is 0 Å². The summed E-state index contributed by atoms with van der Waals surface area (Å²) < 4.78 is 4.97. The molecule has 7 nitrogen and oxygen atoms in total. The highest BCUT2D eigenvalue weighted by atomic mass is 35.5. The van der Waals surface area contributed by atoms with Crippen molar-refractivity contribution in [2.45, 2.75) is 17.7 Å². The molecular weight excluding hydrogens is 404 g/mol. The van der Waals surface area contributed by atoms with E-state index >= 15 is 0 Å². The molecule has 1 aromatic carbocycles. The summed E-state index contributed by atoms with van der Waals surface area (Å²) in [5, 5.41) is 9.27. The van der Waals surface area contributed by atoms with Crippen LogP contribution in [0.1, 0.15) is 18.0 Å². The molecule has 2 unspecified atom stereocenters. The number of hydrogen-bond acceptors (Lipinski definition) is 6. The molecule has 1 heterocycles. The van der Waals surface area contributed by atoms with Crippen molar-refractivity contribution in [1.29, 1.82) is 0 Å². The molecule has 0 aliphatic carbocycles. The lowest BCUT2D eigenvalue weighted by Gasteiger charge is -2.38. The van der Waals surface area contributed by atoms with Crippen LogP contribution in [0.15, 0.2) is 35.9 Å². The molecule has 28 heavy (non-hydrogen) atoms. The summed E-state index contributed by atoms with van der Waals surface area (Å²) in [7, 11) is 4.60. The van der Waals surface area contributed by atoms with Crippen LogP contribution in [-0.4, -0.2) is 71.6 Å². The summed E-state index contributed by atoms with van der Waals surface area (Å²) in [4.78, 5) is 39.2. The van der Waals surface area contributed by atoms with E-state index in [0.29, 0.717) is 29.1 Å². The van der Waals surface area contributed by atoms with Crippen LogP contribution in [0, 0.1) is 0 Å². The van der Waals surface area contributed by atoms with Gasteiger partial charge in [-0.2, -0.15) is 0 Å². The zero-order chi connectivity index (χ0) is 20.8. The Morgan fingerprint density at radius 1 is 1.36 bits per heavy atom. The predicted octanol–water partition coefficient (Wildman–Crippen LogP) is 3.05. The zero-order valence-corrected chi connectivity index (χ0v) is 17.5. The molecule has 0 aromatic heterocycles. The summed E-state index contributed by atoms with van der Waals surface area (Å²) in [6.45, 7) is 0.704. The van der Waals surface area contributed by atoms with Gasteiger partial charge in [-0.3, -0.25) is 9.69 Å². The molecule has 2 rings (SSSR count). The number of piperidine rings is 1. The number of nitrogens with zero attached hydrogens (tertiary/aromatic N) is 2. The number of likely N-dealkylation sites (tertiary alicyclic amines) is 1. The predicted molar refractivity (Wildman–Crippen MR) is 109 cm³/mol. The molecule has 1 fully saturated rings. The van der Waals surface area contributed by atoms with Crippen molar-refractivity contribution in [2.75, 3.05) is 34.3 Å². The van der Waals surface area contributed by atoms with Crippen molar-refractivity contribution in [1.82, 2.24) is 9.80 Å². The maximum absolute atomic E-state index is 12.5. The monoisotopic (exact) mass is 426 g/mol. The number of benzene rings is 1. The lowest BCUT2D eigenvalue weighted by Crippen LogP contribution is -2.43. The highest BCUT2D eigenvalue weighted by Crippen LogP contribution is 2.35. The zero-order valence-electron chi connectivity index (χ0n) is 15.9. The first-order valence-electron chi connectivity index (χ1n) is 8.62. The van der Waals surface area contributed by atoms with E-state index in [0.717, 1.165) is 17.8 Å². The maximum atomic E-state index is 12.5. The number of aliphatic carboxylic acids is 1. The number of carboxylic acids is 1. The number of ether oxygens (including phenoxy) is 1. The lowest BCUT2D eigenvalue weighted by atomic mass is 9.98. The normalized spacial score (nSPS) is 19.9. The minimum absolute atomic E-state index is 0.148. The molecule has 0 radical (unpaired) electrons. The summed E-state index contributed by atoms with van der Waals surface area (Å²) in [6, 6.07) is 6.24. The van der Waals surface area contributed by atoms with Crippen LogP contribution in [0.4, 0.5) is 4.79 Å². The van der Waals surface area contributed by atoms with Gasteiger partial charge >= 0.3 is 11.9 Å². The Morgan fingerprint density at radius 3 is 2.61 bits per heavy atom. The molecule has 1 saturated heterocycles. The smallest absolute Gasteiger partial charge is 0.328 e. The number of thioether (sulfide) groups is 1. The van der Waals surface area contributed by atoms with Crippen LogP contribution < -0.4 is 0 Å². The summed E-state index contributed by atoms with van der Waals surface area (Å²) in [6.07, 6.45) is 1.63. The molecule has 1 N–H and O–H groups in total. The van der Waals surface area contributed by atoms with Crippen molar-refractivity contribution in [3.63, 3.8) is 0 Å². The van der Waals surface area contributed by atoms with Crippen LogP contribution in [0.25, 0.3) is 0 Å². The van der Waals surface area contributed by atoms with E-state index in [2.05, 4.69) is 0 Å². The molecule has 1 aliphatic rings. The van der Waals surface area contributed by atoms with Gasteiger partial charge in [0.05, 0.1) is 7.11 Å². The molecule has 0 bridgehead atoms. The van der Waals surface area contributed by atoms with Gasteiger partial charge in [-0.1, -0.05) is 41.6 Å². The summed E-state index contributed by atoms with van der Waals surface area (Å²) >= 11 is 7.39. The van der Waals surface area contributed by atoms with E-state index in [1.54, 1.807) is 38.4 Å². The second-order valence-corrected chi connectivity index (χ2v) is 8.09. The van der Waals surface area contributed by atoms with Crippen molar-refractivity contribution in [2.24, 2.45) is 0 Å². The summed E-state index contributed by atoms with van der Waals surface area (Å²) in [5.74, 6) is -1.56.